The van der Waals surface area contributed by atoms with Gasteiger partial charge in [-0.05, 0) is 48.1 Å². The standard InChI is InChI=1S/C27H31N3O3/c1-29(2)21-12-10-19(11-13-21)17-28-26(31)20-7-6-16-30(18-20)27(32)24-14-15-25(33-3)23-9-5-4-8-22(23)24/h4-5,8-15,20H,6-7,16-18H2,1-3H3,(H,28,31). The predicted octanol–water partition coefficient (Wildman–Crippen LogP) is 4.08. The molecule has 1 aliphatic heterocycles. The first kappa shape index (κ1) is 22.6. The zero-order valence-electron chi connectivity index (χ0n) is 19.5. The second-order valence-electron chi connectivity index (χ2n) is 8.73. The normalized spacial score (nSPS) is 15.8. The molecule has 0 spiro atoms. The summed E-state index contributed by atoms with van der Waals surface area (Å²) in [5.74, 6) is 0.513. The van der Waals surface area contributed by atoms with Gasteiger partial charge in [-0.25, -0.2) is 0 Å². The number of ether oxygens (including phenoxy) is 1. The quantitative estimate of drug-likeness (QED) is 0.621. The summed E-state index contributed by atoms with van der Waals surface area (Å²) in [6.07, 6.45) is 1.61. The van der Waals surface area contributed by atoms with Crippen molar-refractivity contribution in [3.8, 4) is 5.75 Å². The van der Waals surface area contributed by atoms with Crippen molar-refractivity contribution in [2.75, 3.05) is 39.2 Å². The molecule has 2 amide bonds. The third-order valence-corrected chi connectivity index (χ3v) is 6.33. The van der Waals surface area contributed by atoms with Gasteiger partial charge in [-0.1, -0.05) is 36.4 Å². The summed E-state index contributed by atoms with van der Waals surface area (Å²) in [5.41, 5.74) is 2.83. The van der Waals surface area contributed by atoms with Crippen LogP contribution in [0.4, 0.5) is 5.69 Å². The van der Waals surface area contributed by atoms with Crippen LogP contribution in [-0.4, -0.2) is 51.0 Å². The van der Waals surface area contributed by atoms with Gasteiger partial charge in [0, 0.05) is 50.4 Å². The van der Waals surface area contributed by atoms with Gasteiger partial charge in [-0.3, -0.25) is 9.59 Å². The molecule has 1 atom stereocenters. The summed E-state index contributed by atoms with van der Waals surface area (Å²) in [5, 5.41) is 4.84. The maximum absolute atomic E-state index is 13.4. The number of nitrogens with zero attached hydrogens (tertiary/aromatic N) is 2. The van der Waals surface area contributed by atoms with Gasteiger partial charge in [0.15, 0.2) is 0 Å². The fourth-order valence-corrected chi connectivity index (χ4v) is 4.43. The van der Waals surface area contributed by atoms with Gasteiger partial charge in [0.25, 0.3) is 5.91 Å². The smallest absolute Gasteiger partial charge is 0.254 e. The van der Waals surface area contributed by atoms with Crippen molar-refractivity contribution in [2.24, 2.45) is 5.92 Å². The number of rotatable bonds is 6. The van der Waals surface area contributed by atoms with Crippen LogP contribution in [0.5, 0.6) is 5.75 Å². The molecule has 1 unspecified atom stereocenters. The Hall–Kier alpha value is -3.54. The van der Waals surface area contributed by atoms with E-state index in [0.717, 1.165) is 40.6 Å². The number of hydrogen-bond acceptors (Lipinski definition) is 4. The number of amides is 2. The number of likely N-dealkylation sites (tertiary alicyclic amines) is 1. The Labute approximate surface area is 195 Å². The van der Waals surface area contributed by atoms with E-state index < -0.39 is 0 Å². The lowest BCUT2D eigenvalue weighted by molar-refractivity contribution is -0.126. The van der Waals surface area contributed by atoms with Crippen molar-refractivity contribution in [2.45, 2.75) is 19.4 Å². The maximum Gasteiger partial charge on any atom is 0.254 e. The Balaban J connectivity index is 1.42. The van der Waals surface area contributed by atoms with Crippen molar-refractivity contribution in [3.05, 3.63) is 71.8 Å². The summed E-state index contributed by atoms with van der Waals surface area (Å²) in [6, 6.07) is 19.6. The minimum absolute atomic E-state index is 0.00350. The number of hydrogen-bond donors (Lipinski definition) is 1. The van der Waals surface area contributed by atoms with E-state index in [1.165, 1.54) is 0 Å². The molecule has 6 nitrogen and oxygen atoms in total. The third kappa shape index (κ3) is 4.95. The third-order valence-electron chi connectivity index (χ3n) is 6.33. The molecular weight excluding hydrogens is 414 g/mol. The highest BCUT2D eigenvalue weighted by atomic mass is 16.5. The molecule has 1 N–H and O–H groups in total. The number of fused-ring (bicyclic) bond motifs is 1. The lowest BCUT2D eigenvalue weighted by Gasteiger charge is -2.32. The van der Waals surface area contributed by atoms with Crippen LogP contribution in [0.1, 0.15) is 28.8 Å². The average molecular weight is 446 g/mol. The first-order valence-corrected chi connectivity index (χ1v) is 11.4. The molecule has 0 bridgehead atoms. The van der Waals surface area contributed by atoms with Gasteiger partial charge in [0.2, 0.25) is 5.91 Å². The zero-order chi connectivity index (χ0) is 23.4. The van der Waals surface area contributed by atoms with Crippen LogP contribution in [0.25, 0.3) is 10.8 Å². The number of carbonyl (C=O) groups is 2. The Morgan fingerprint density at radius 3 is 2.45 bits per heavy atom. The van der Waals surface area contributed by atoms with E-state index in [-0.39, 0.29) is 17.7 Å². The lowest BCUT2D eigenvalue weighted by atomic mass is 9.95. The number of carbonyl (C=O) groups excluding carboxylic acids is 2. The largest absolute Gasteiger partial charge is 0.496 e. The molecule has 1 aliphatic rings. The molecule has 1 saturated heterocycles. The molecule has 33 heavy (non-hydrogen) atoms. The number of anilines is 1. The van der Waals surface area contributed by atoms with E-state index in [2.05, 4.69) is 5.32 Å². The Kier molecular flexibility index (Phi) is 6.82. The number of nitrogens with one attached hydrogen (secondary N) is 1. The molecule has 3 aromatic carbocycles. The minimum atomic E-state index is -0.201. The maximum atomic E-state index is 13.4. The first-order chi connectivity index (χ1) is 16.0. The van der Waals surface area contributed by atoms with Crippen molar-refractivity contribution in [1.82, 2.24) is 10.2 Å². The highest BCUT2D eigenvalue weighted by Crippen LogP contribution is 2.30. The molecule has 0 radical (unpaired) electrons. The van der Waals surface area contributed by atoms with Gasteiger partial charge >= 0.3 is 0 Å². The van der Waals surface area contributed by atoms with Gasteiger partial charge in [-0.15, -0.1) is 0 Å². The minimum Gasteiger partial charge on any atom is -0.496 e. The molecule has 0 aliphatic carbocycles. The Bertz CT molecular complexity index is 1140. The lowest BCUT2D eigenvalue weighted by Crippen LogP contribution is -2.45. The van der Waals surface area contributed by atoms with Crippen LogP contribution in [0.3, 0.4) is 0 Å². The second kappa shape index (κ2) is 9.94. The van der Waals surface area contributed by atoms with Crippen LogP contribution in [0.2, 0.25) is 0 Å². The van der Waals surface area contributed by atoms with E-state index in [0.29, 0.717) is 25.2 Å². The van der Waals surface area contributed by atoms with Crippen molar-refractivity contribution >= 4 is 28.3 Å². The fourth-order valence-electron chi connectivity index (χ4n) is 4.43. The van der Waals surface area contributed by atoms with E-state index >= 15 is 0 Å². The van der Waals surface area contributed by atoms with Gasteiger partial charge in [-0.2, -0.15) is 0 Å². The first-order valence-electron chi connectivity index (χ1n) is 11.4. The van der Waals surface area contributed by atoms with E-state index in [9.17, 15) is 9.59 Å². The highest BCUT2D eigenvalue weighted by molar-refractivity contribution is 6.08. The summed E-state index contributed by atoms with van der Waals surface area (Å²) in [7, 11) is 5.64. The molecule has 0 saturated carbocycles. The van der Waals surface area contributed by atoms with Gasteiger partial charge in [0.1, 0.15) is 5.75 Å². The van der Waals surface area contributed by atoms with E-state index in [4.69, 9.17) is 4.74 Å². The fraction of sp³-hybridized carbons (Fsp3) is 0.333. The Morgan fingerprint density at radius 2 is 1.76 bits per heavy atom. The van der Waals surface area contributed by atoms with Gasteiger partial charge < -0.3 is 19.9 Å². The molecule has 0 aromatic heterocycles. The summed E-state index contributed by atoms with van der Waals surface area (Å²) in [6.45, 7) is 1.58. The number of benzene rings is 3. The van der Waals surface area contributed by atoms with E-state index in [1.54, 1.807) is 7.11 Å². The molecule has 1 heterocycles. The molecule has 1 fully saturated rings. The van der Waals surface area contributed by atoms with Gasteiger partial charge in [0.05, 0.1) is 13.0 Å². The molecular formula is C27H31N3O3. The highest BCUT2D eigenvalue weighted by Gasteiger charge is 2.29. The molecule has 6 heteroatoms. The molecule has 4 rings (SSSR count). The predicted molar refractivity (Wildman–Crippen MR) is 132 cm³/mol. The topological polar surface area (TPSA) is 61.9 Å². The van der Waals surface area contributed by atoms with Crippen LogP contribution in [0.15, 0.2) is 60.7 Å². The van der Waals surface area contributed by atoms with Crippen LogP contribution >= 0.6 is 0 Å². The molecule has 3 aromatic rings. The zero-order valence-corrected chi connectivity index (χ0v) is 19.5. The summed E-state index contributed by atoms with van der Waals surface area (Å²) in [4.78, 5) is 30.1. The van der Waals surface area contributed by atoms with Crippen molar-refractivity contribution in [1.29, 1.82) is 0 Å². The number of piperidine rings is 1. The van der Waals surface area contributed by atoms with Crippen molar-refractivity contribution < 1.29 is 14.3 Å². The summed E-state index contributed by atoms with van der Waals surface area (Å²) < 4.78 is 5.46. The number of methoxy groups -OCH3 is 1. The molecule has 172 valence electrons. The Morgan fingerprint density at radius 1 is 1.03 bits per heavy atom. The SMILES string of the molecule is COc1ccc(C(=O)N2CCCC(C(=O)NCc3ccc(N(C)C)cc3)C2)c2ccccc12. The van der Waals surface area contributed by atoms with Crippen molar-refractivity contribution in [3.63, 3.8) is 0 Å². The van der Waals surface area contributed by atoms with Crippen LogP contribution in [-0.2, 0) is 11.3 Å². The van der Waals surface area contributed by atoms with E-state index in [1.807, 2.05) is 84.6 Å². The van der Waals surface area contributed by atoms with Crippen LogP contribution in [0, 0.1) is 5.92 Å². The monoisotopic (exact) mass is 445 g/mol. The average Bonchev–Trinajstić information content (AvgIpc) is 2.86. The second-order valence-corrected chi connectivity index (χ2v) is 8.73. The van der Waals surface area contributed by atoms with Crippen LogP contribution < -0.4 is 15.0 Å². The summed E-state index contributed by atoms with van der Waals surface area (Å²) >= 11 is 0.